The molecule has 1 aromatic carbocycles. The van der Waals surface area contributed by atoms with Crippen LogP contribution in [0.15, 0.2) is 42.6 Å². The summed E-state index contributed by atoms with van der Waals surface area (Å²) >= 11 is 0. The van der Waals surface area contributed by atoms with E-state index in [1.807, 2.05) is 0 Å². The second-order valence-electron chi connectivity index (χ2n) is 3.87. The van der Waals surface area contributed by atoms with Crippen molar-refractivity contribution in [2.45, 2.75) is 6.61 Å². The van der Waals surface area contributed by atoms with E-state index in [0.29, 0.717) is 11.8 Å². The summed E-state index contributed by atoms with van der Waals surface area (Å²) in [5.41, 5.74) is -0.580. The number of halogens is 4. The third kappa shape index (κ3) is 4.85. The molecule has 2 aromatic rings. The zero-order chi connectivity index (χ0) is 13.9. The van der Waals surface area contributed by atoms with Gasteiger partial charge in [-0.25, -0.2) is 4.39 Å². The molecule has 1 heterocycles. The van der Waals surface area contributed by atoms with Gasteiger partial charge in [0.05, 0.1) is 11.4 Å². The maximum Gasteiger partial charge on any atom is 1.00 e. The summed E-state index contributed by atoms with van der Waals surface area (Å²) in [5.74, 6) is -1.33. The van der Waals surface area contributed by atoms with Crippen molar-refractivity contribution in [3.8, 4) is 5.75 Å². The van der Waals surface area contributed by atoms with Crippen LogP contribution in [0.3, 0.4) is 0 Å². The summed E-state index contributed by atoms with van der Waals surface area (Å²) < 4.78 is 56.2. The predicted octanol–water partition coefficient (Wildman–Crippen LogP) is -0.142. The summed E-state index contributed by atoms with van der Waals surface area (Å²) in [6, 6.07) is 7.36. The van der Waals surface area contributed by atoms with Crippen molar-refractivity contribution < 1.29 is 73.5 Å². The molecule has 0 N–H and O–H groups in total. The minimum absolute atomic E-state index is 0. The monoisotopic (exact) mass is 309 g/mol. The van der Waals surface area contributed by atoms with Crippen molar-refractivity contribution in [1.29, 1.82) is 0 Å². The fourth-order valence-electron chi connectivity index (χ4n) is 1.54. The number of hydrogen-bond donors (Lipinski definition) is 0. The molecule has 0 fully saturated rings. The van der Waals surface area contributed by atoms with Crippen LogP contribution in [0.25, 0.3) is 0 Å². The summed E-state index contributed by atoms with van der Waals surface area (Å²) in [6.07, 6.45) is 1.51. The average Bonchev–Trinajstić information content (AvgIpc) is 2.37. The molecule has 0 radical (unpaired) electrons. The Morgan fingerprint density at radius 2 is 1.85 bits per heavy atom. The molecule has 20 heavy (non-hydrogen) atoms. The maximum atomic E-state index is 12.9. The van der Waals surface area contributed by atoms with Crippen molar-refractivity contribution in [1.82, 2.24) is 4.98 Å². The number of benzene rings is 1. The van der Waals surface area contributed by atoms with Crippen molar-refractivity contribution >= 4 is 12.4 Å². The van der Waals surface area contributed by atoms with E-state index in [1.54, 1.807) is 18.2 Å². The van der Waals surface area contributed by atoms with E-state index >= 15 is 0 Å². The van der Waals surface area contributed by atoms with Crippen LogP contribution in [-0.2, 0) is 6.61 Å². The first-order valence-electron chi connectivity index (χ1n) is 5.49. The van der Waals surface area contributed by atoms with Crippen LogP contribution in [-0.4, -0.2) is 12.0 Å². The van der Waals surface area contributed by atoms with Gasteiger partial charge in [-0.05, 0) is 30.3 Å². The SMILES string of the molecule is Fc1ccc(OCc2ccccn2)c([B-](F)(F)F)c1.[K+]. The molecule has 0 amide bonds. The smallest absolute Gasteiger partial charge is 0.490 e. The molecular formula is C12H9BF4KNO. The van der Waals surface area contributed by atoms with Gasteiger partial charge in [-0.2, -0.15) is 0 Å². The van der Waals surface area contributed by atoms with E-state index in [0.717, 1.165) is 12.1 Å². The van der Waals surface area contributed by atoms with E-state index in [1.165, 1.54) is 6.20 Å². The molecule has 0 saturated carbocycles. The molecule has 100 valence electrons. The quantitative estimate of drug-likeness (QED) is 0.579. The number of hydrogen-bond acceptors (Lipinski definition) is 2. The summed E-state index contributed by atoms with van der Waals surface area (Å²) in [7, 11) is 0. The molecule has 0 aliphatic rings. The number of nitrogens with zero attached hydrogens (tertiary/aromatic N) is 1. The Kier molecular flexibility index (Phi) is 6.67. The van der Waals surface area contributed by atoms with E-state index < -0.39 is 18.3 Å². The van der Waals surface area contributed by atoms with E-state index in [9.17, 15) is 17.3 Å². The number of aromatic nitrogens is 1. The Balaban J connectivity index is 0.00000200. The minimum atomic E-state index is -5.33. The van der Waals surface area contributed by atoms with Gasteiger partial charge in [0, 0.05) is 6.20 Å². The second-order valence-corrected chi connectivity index (χ2v) is 3.87. The molecule has 0 bridgehead atoms. The van der Waals surface area contributed by atoms with Crippen LogP contribution in [0.2, 0.25) is 0 Å². The summed E-state index contributed by atoms with van der Waals surface area (Å²) in [4.78, 5) is 3.93. The van der Waals surface area contributed by atoms with Gasteiger partial charge < -0.3 is 17.7 Å². The summed E-state index contributed by atoms with van der Waals surface area (Å²) in [5, 5.41) is 0. The van der Waals surface area contributed by atoms with Crippen molar-refractivity contribution in [3.05, 3.63) is 54.1 Å². The first kappa shape index (κ1) is 17.6. The predicted molar refractivity (Wildman–Crippen MR) is 63.7 cm³/mol. The average molecular weight is 309 g/mol. The Morgan fingerprint density at radius 1 is 1.10 bits per heavy atom. The van der Waals surface area contributed by atoms with Crippen LogP contribution in [0.5, 0.6) is 5.75 Å². The van der Waals surface area contributed by atoms with Crippen LogP contribution in [0.4, 0.5) is 17.3 Å². The van der Waals surface area contributed by atoms with Gasteiger partial charge in [0.1, 0.15) is 12.4 Å². The van der Waals surface area contributed by atoms with Gasteiger partial charge in [0.15, 0.2) is 0 Å². The van der Waals surface area contributed by atoms with Crippen LogP contribution in [0.1, 0.15) is 5.69 Å². The zero-order valence-electron chi connectivity index (χ0n) is 10.7. The van der Waals surface area contributed by atoms with Gasteiger partial charge in [-0.15, -0.1) is 0 Å². The molecule has 0 aliphatic carbocycles. The van der Waals surface area contributed by atoms with Gasteiger partial charge in [0.2, 0.25) is 0 Å². The standard InChI is InChI=1S/C12H9BF4NO.K/c14-9-4-5-12(11(7-9)13(15,16)17)19-8-10-3-1-2-6-18-10;/h1-7H,8H2;/q-1;+1. The molecule has 2 rings (SSSR count). The first-order valence-corrected chi connectivity index (χ1v) is 5.49. The number of ether oxygens (including phenoxy) is 1. The zero-order valence-corrected chi connectivity index (χ0v) is 13.8. The first-order chi connectivity index (χ1) is 8.97. The Bertz CT molecular complexity index is 565. The molecule has 2 nitrogen and oxygen atoms in total. The Hall–Kier alpha value is -0.409. The fraction of sp³-hybridized carbons (Fsp3) is 0.0833. The maximum absolute atomic E-state index is 12.9. The molecular weight excluding hydrogens is 300 g/mol. The molecule has 0 atom stereocenters. The molecule has 0 saturated heterocycles. The third-order valence-corrected chi connectivity index (χ3v) is 2.43. The second kappa shape index (κ2) is 7.56. The molecule has 0 unspecified atom stereocenters. The molecule has 0 spiro atoms. The Morgan fingerprint density at radius 3 is 2.45 bits per heavy atom. The van der Waals surface area contributed by atoms with E-state index in [2.05, 4.69) is 4.98 Å². The van der Waals surface area contributed by atoms with Gasteiger partial charge >= 0.3 is 58.4 Å². The van der Waals surface area contributed by atoms with Gasteiger partial charge in [-0.1, -0.05) is 11.5 Å². The van der Waals surface area contributed by atoms with Crippen LogP contribution < -0.4 is 61.6 Å². The molecule has 1 aromatic heterocycles. The van der Waals surface area contributed by atoms with Gasteiger partial charge in [-0.3, -0.25) is 4.98 Å². The summed E-state index contributed by atoms with van der Waals surface area (Å²) in [6.45, 7) is -5.43. The molecule has 8 heteroatoms. The minimum Gasteiger partial charge on any atom is -0.490 e. The van der Waals surface area contributed by atoms with E-state index in [-0.39, 0.29) is 63.7 Å². The normalized spacial score (nSPS) is 10.8. The van der Waals surface area contributed by atoms with Crippen molar-refractivity contribution in [2.24, 2.45) is 0 Å². The largest absolute Gasteiger partial charge is 1.00 e. The van der Waals surface area contributed by atoms with Crippen molar-refractivity contribution in [2.75, 3.05) is 0 Å². The Labute approximate surface area is 156 Å². The van der Waals surface area contributed by atoms with E-state index in [4.69, 9.17) is 4.74 Å². The van der Waals surface area contributed by atoms with Gasteiger partial charge in [0.25, 0.3) is 0 Å². The number of rotatable bonds is 4. The fourth-order valence-corrected chi connectivity index (χ4v) is 1.54. The van der Waals surface area contributed by atoms with Crippen molar-refractivity contribution in [3.63, 3.8) is 0 Å². The topological polar surface area (TPSA) is 22.1 Å². The molecule has 0 aliphatic heterocycles. The van der Waals surface area contributed by atoms with Crippen LogP contribution in [0, 0.1) is 5.82 Å². The number of pyridine rings is 1. The third-order valence-electron chi connectivity index (χ3n) is 2.43. The van der Waals surface area contributed by atoms with Crippen LogP contribution >= 0.6 is 0 Å².